The van der Waals surface area contributed by atoms with Gasteiger partial charge >= 0.3 is 5.97 Å². The first-order valence-electron chi connectivity index (χ1n) is 8.80. The Labute approximate surface area is 178 Å². The number of likely N-dealkylation sites (tertiary alicyclic amines) is 1. The Morgan fingerprint density at radius 3 is 2.30 bits per heavy atom. The Bertz CT molecular complexity index is 653. The maximum absolute atomic E-state index is 11.9. The van der Waals surface area contributed by atoms with Gasteiger partial charge in [0.2, 0.25) is 0 Å². The molecule has 1 fully saturated rings. The molecule has 0 atom stereocenters. The second-order valence-corrected chi connectivity index (χ2v) is 6.58. The third-order valence-electron chi connectivity index (χ3n) is 4.60. The van der Waals surface area contributed by atoms with Crippen molar-refractivity contribution in [3.63, 3.8) is 0 Å². The maximum Gasteiger partial charge on any atom is 0.308 e. The molecule has 1 heterocycles. The lowest BCUT2D eigenvalue weighted by molar-refractivity contribution is -0.146. The van der Waals surface area contributed by atoms with E-state index < -0.39 is 0 Å². The van der Waals surface area contributed by atoms with Gasteiger partial charge in [-0.25, -0.2) is 0 Å². The van der Waals surface area contributed by atoms with E-state index >= 15 is 0 Å². The standard InChI is InChI=1S/C19H28N4O3.HI/c1-20-19(23-11-9-16(10-12-23)18(25)26-4)21-13-14-5-7-15(8-6-14)17(24)22(2)3;/h5-8,16H,9-13H2,1-4H3,(H,20,21);1H. The molecule has 27 heavy (non-hydrogen) atoms. The molecular weight excluding hydrogens is 459 g/mol. The first-order valence-corrected chi connectivity index (χ1v) is 8.80. The topological polar surface area (TPSA) is 74.2 Å². The molecule has 1 aliphatic heterocycles. The largest absolute Gasteiger partial charge is 0.469 e. The van der Waals surface area contributed by atoms with E-state index in [0.29, 0.717) is 12.1 Å². The Balaban J connectivity index is 0.00000364. The number of ether oxygens (including phenoxy) is 1. The van der Waals surface area contributed by atoms with Gasteiger partial charge in [-0.05, 0) is 30.5 Å². The Morgan fingerprint density at radius 1 is 1.22 bits per heavy atom. The van der Waals surface area contributed by atoms with Crippen molar-refractivity contribution in [3.05, 3.63) is 35.4 Å². The summed E-state index contributed by atoms with van der Waals surface area (Å²) in [5.41, 5.74) is 1.75. The Morgan fingerprint density at radius 2 is 1.81 bits per heavy atom. The summed E-state index contributed by atoms with van der Waals surface area (Å²) in [5.74, 6) is 0.673. The molecule has 0 radical (unpaired) electrons. The zero-order valence-electron chi connectivity index (χ0n) is 16.4. The lowest BCUT2D eigenvalue weighted by atomic mass is 9.97. The highest BCUT2D eigenvalue weighted by atomic mass is 127. The van der Waals surface area contributed by atoms with Crippen molar-refractivity contribution < 1.29 is 14.3 Å². The number of nitrogens with zero attached hydrogens (tertiary/aromatic N) is 3. The number of nitrogens with one attached hydrogen (secondary N) is 1. The lowest BCUT2D eigenvalue weighted by Gasteiger charge is -2.33. The smallest absolute Gasteiger partial charge is 0.308 e. The van der Waals surface area contributed by atoms with Gasteiger partial charge in [-0.15, -0.1) is 24.0 Å². The predicted octanol–water partition coefficient (Wildman–Crippen LogP) is 1.97. The highest BCUT2D eigenvalue weighted by Gasteiger charge is 2.26. The van der Waals surface area contributed by atoms with Crippen molar-refractivity contribution in [1.82, 2.24) is 15.1 Å². The van der Waals surface area contributed by atoms with Crippen LogP contribution >= 0.6 is 24.0 Å². The molecule has 2 rings (SSSR count). The summed E-state index contributed by atoms with van der Waals surface area (Å²) in [6, 6.07) is 7.56. The predicted molar refractivity (Wildman–Crippen MR) is 116 cm³/mol. The summed E-state index contributed by atoms with van der Waals surface area (Å²) >= 11 is 0. The van der Waals surface area contributed by atoms with Crippen LogP contribution in [0.3, 0.4) is 0 Å². The number of halogens is 1. The number of hydrogen-bond acceptors (Lipinski definition) is 4. The summed E-state index contributed by atoms with van der Waals surface area (Å²) in [5, 5.41) is 3.35. The van der Waals surface area contributed by atoms with E-state index in [1.807, 2.05) is 24.3 Å². The number of carbonyl (C=O) groups is 2. The molecule has 0 saturated carbocycles. The van der Waals surface area contributed by atoms with Gasteiger partial charge in [-0.2, -0.15) is 0 Å². The molecule has 0 aromatic heterocycles. The van der Waals surface area contributed by atoms with Crippen LogP contribution < -0.4 is 5.32 Å². The fraction of sp³-hybridized carbons (Fsp3) is 0.526. The molecule has 1 aliphatic rings. The summed E-state index contributed by atoms with van der Waals surface area (Å²) in [7, 11) is 6.68. The van der Waals surface area contributed by atoms with Gasteiger partial charge in [0.15, 0.2) is 5.96 Å². The van der Waals surface area contributed by atoms with Crippen LogP contribution in [0.2, 0.25) is 0 Å². The maximum atomic E-state index is 11.9. The average Bonchev–Trinajstić information content (AvgIpc) is 2.68. The van der Waals surface area contributed by atoms with Crippen molar-refractivity contribution >= 4 is 41.8 Å². The Kier molecular flexibility index (Phi) is 9.54. The third-order valence-corrected chi connectivity index (χ3v) is 4.60. The second kappa shape index (κ2) is 11.1. The van der Waals surface area contributed by atoms with E-state index in [1.54, 1.807) is 26.0 Å². The summed E-state index contributed by atoms with van der Waals surface area (Å²) in [4.78, 5) is 31.6. The minimum absolute atomic E-state index is 0. The zero-order chi connectivity index (χ0) is 19.1. The van der Waals surface area contributed by atoms with Crippen LogP contribution in [0.1, 0.15) is 28.8 Å². The number of esters is 1. The number of benzene rings is 1. The first kappa shape index (κ1) is 23.2. The zero-order valence-corrected chi connectivity index (χ0v) is 18.7. The van der Waals surface area contributed by atoms with Gasteiger partial charge in [0, 0.05) is 46.3 Å². The minimum Gasteiger partial charge on any atom is -0.469 e. The molecule has 1 saturated heterocycles. The molecule has 0 spiro atoms. The van der Waals surface area contributed by atoms with Gasteiger partial charge in [-0.3, -0.25) is 14.6 Å². The van der Waals surface area contributed by atoms with Crippen molar-refractivity contribution in [2.24, 2.45) is 10.9 Å². The van der Waals surface area contributed by atoms with Crippen molar-refractivity contribution in [2.45, 2.75) is 19.4 Å². The van der Waals surface area contributed by atoms with E-state index in [4.69, 9.17) is 4.74 Å². The van der Waals surface area contributed by atoms with Crippen molar-refractivity contribution in [1.29, 1.82) is 0 Å². The first-order chi connectivity index (χ1) is 12.5. The average molecular weight is 488 g/mol. The number of guanidine groups is 1. The highest BCUT2D eigenvalue weighted by Crippen LogP contribution is 2.18. The number of aliphatic imine (C=N–C) groups is 1. The van der Waals surface area contributed by atoms with Crippen LogP contribution in [0.4, 0.5) is 0 Å². The van der Waals surface area contributed by atoms with Crippen molar-refractivity contribution in [3.8, 4) is 0 Å². The summed E-state index contributed by atoms with van der Waals surface area (Å²) in [6.45, 7) is 2.17. The quantitative estimate of drug-likeness (QED) is 0.304. The number of methoxy groups -OCH3 is 1. The Hall–Kier alpha value is -1.84. The van der Waals surface area contributed by atoms with E-state index in [2.05, 4.69) is 15.2 Å². The number of carbonyl (C=O) groups excluding carboxylic acids is 2. The fourth-order valence-corrected chi connectivity index (χ4v) is 3.03. The van der Waals surface area contributed by atoms with Crippen LogP contribution in [0, 0.1) is 5.92 Å². The van der Waals surface area contributed by atoms with Gasteiger partial charge in [0.25, 0.3) is 5.91 Å². The monoisotopic (exact) mass is 488 g/mol. The van der Waals surface area contributed by atoms with Crippen LogP contribution in [0.25, 0.3) is 0 Å². The molecule has 1 aromatic rings. The van der Waals surface area contributed by atoms with Gasteiger partial charge in [0.05, 0.1) is 13.0 Å². The number of hydrogen-bond donors (Lipinski definition) is 1. The fourth-order valence-electron chi connectivity index (χ4n) is 3.03. The number of piperidine rings is 1. The van der Waals surface area contributed by atoms with Gasteiger partial charge < -0.3 is 19.9 Å². The van der Waals surface area contributed by atoms with E-state index in [9.17, 15) is 9.59 Å². The van der Waals surface area contributed by atoms with Crippen LogP contribution in [-0.2, 0) is 16.1 Å². The number of rotatable bonds is 4. The molecule has 150 valence electrons. The molecule has 7 nitrogen and oxygen atoms in total. The molecule has 0 aliphatic carbocycles. The molecule has 0 bridgehead atoms. The van der Waals surface area contributed by atoms with E-state index in [0.717, 1.165) is 37.5 Å². The highest BCUT2D eigenvalue weighted by molar-refractivity contribution is 14.0. The normalized spacial score (nSPS) is 15.0. The van der Waals surface area contributed by atoms with Gasteiger partial charge in [-0.1, -0.05) is 12.1 Å². The molecule has 1 N–H and O–H groups in total. The molecular formula is C19H29IN4O3. The van der Waals surface area contributed by atoms with E-state index in [1.165, 1.54) is 7.11 Å². The number of amides is 1. The summed E-state index contributed by atoms with van der Waals surface area (Å²) < 4.78 is 4.83. The molecule has 1 amide bonds. The van der Waals surface area contributed by atoms with Crippen molar-refractivity contribution in [2.75, 3.05) is 41.3 Å². The molecule has 1 aromatic carbocycles. The van der Waals surface area contributed by atoms with E-state index in [-0.39, 0.29) is 41.8 Å². The van der Waals surface area contributed by atoms with Gasteiger partial charge in [0.1, 0.15) is 0 Å². The second-order valence-electron chi connectivity index (χ2n) is 6.58. The van der Waals surface area contributed by atoms with Crippen LogP contribution in [-0.4, -0.2) is 69.0 Å². The van der Waals surface area contributed by atoms with Crippen LogP contribution in [0.15, 0.2) is 29.3 Å². The van der Waals surface area contributed by atoms with Crippen LogP contribution in [0.5, 0.6) is 0 Å². The summed E-state index contributed by atoms with van der Waals surface area (Å²) in [6.07, 6.45) is 1.55. The minimum atomic E-state index is -0.125. The SMILES string of the molecule is CN=C(NCc1ccc(C(=O)N(C)C)cc1)N1CCC(C(=O)OC)CC1.I. The molecule has 0 unspecified atom stereocenters. The molecule has 8 heteroatoms. The third kappa shape index (κ3) is 6.37. The lowest BCUT2D eigenvalue weighted by Crippen LogP contribution is -2.46.